The average molecular weight is 271 g/mol. The van der Waals surface area contributed by atoms with Crippen LogP contribution in [0.15, 0.2) is 0 Å². The van der Waals surface area contributed by atoms with Gasteiger partial charge in [-0.25, -0.2) is 0 Å². The van der Waals surface area contributed by atoms with Gasteiger partial charge in [-0.15, -0.1) is 0 Å². The second-order valence-corrected chi connectivity index (χ2v) is 5.76. The van der Waals surface area contributed by atoms with Crippen LogP contribution >= 0.6 is 0 Å². The minimum atomic E-state index is -0.577. The van der Waals surface area contributed by atoms with E-state index in [-0.39, 0.29) is 5.97 Å². The van der Waals surface area contributed by atoms with E-state index >= 15 is 0 Å². The molecule has 0 bridgehead atoms. The van der Waals surface area contributed by atoms with Gasteiger partial charge in [0.1, 0.15) is 5.54 Å². The maximum absolute atomic E-state index is 12.0. The van der Waals surface area contributed by atoms with Crippen molar-refractivity contribution in [1.82, 2.24) is 15.1 Å². The summed E-state index contributed by atoms with van der Waals surface area (Å²) in [5.74, 6) is -0.152. The Morgan fingerprint density at radius 1 is 1.53 bits per heavy atom. The van der Waals surface area contributed by atoms with Crippen LogP contribution in [-0.2, 0) is 9.53 Å². The number of hydrogen-bond acceptors (Lipinski definition) is 5. The highest BCUT2D eigenvalue weighted by molar-refractivity contribution is 5.80. The predicted octanol–water partition coefficient (Wildman–Crippen LogP) is 0.554. The molecule has 1 aliphatic rings. The van der Waals surface area contributed by atoms with E-state index in [1.807, 2.05) is 20.9 Å². The van der Waals surface area contributed by atoms with Crippen LogP contribution in [-0.4, -0.2) is 74.7 Å². The molecule has 5 heteroatoms. The highest BCUT2D eigenvalue weighted by Gasteiger charge is 2.34. The lowest BCUT2D eigenvalue weighted by Gasteiger charge is -2.29. The highest BCUT2D eigenvalue weighted by Crippen LogP contribution is 2.17. The Morgan fingerprint density at radius 3 is 2.68 bits per heavy atom. The second kappa shape index (κ2) is 7.22. The normalized spacial score (nSPS) is 23.6. The minimum absolute atomic E-state index is 0.152. The van der Waals surface area contributed by atoms with Crippen LogP contribution in [0.5, 0.6) is 0 Å². The molecule has 1 N–H and O–H groups in total. The summed E-state index contributed by atoms with van der Waals surface area (Å²) in [6.45, 7) is 7.34. The first-order valence-electron chi connectivity index (χ1n) is 7.18. The van der Waals surface area contributed by atoms with E-state index in [9.17, 15) is 4.79 Å². The van der Waals surface area contributed by atoms with Crippen molar-refractivity contribution in [2.45, 2.75) is 38.3 Å². The molecule has 5 nitrogen and oxygen atoms in total. The lowest BCUT2D eigenvalue weighted by molar-refractivity contribution is -0.150. The number of carbonyl (C=O) groups is 1. The summed E-state index contributed by atoms with van der Waals surface area (Å²) in [5.41, 5.74) is -0.577. The van der Waals surface area contributed by atoms with Crippen LogP contribution in [0.3, 0.4) is 0 Å². The third-order valence-electron chi connectivity index (χ3n) is 4.18. The fourth-order valence-corrected chi connectivity index (χ4v) is 2.44. The molecule has 0 aromatic rings. The van der Waals surface area contributed by atoms with Crippen molar-refractivity contribution in [1.29, 1.82) is 0 Å². The molecule has 1 heterocycles. The number of nitrogens with one attached hydrogen (secondary N) is 1. The SMILES string of the molecule is CCOC(=O)C(C)(CCN1CCC(N(C)C)C1)NC. The Hall–Kier alpha value is -0.650. The highest BCUT2D eigenvalue weighted by atomic mass is 16.5. The predicted molar refractivity (Wildman–Crippen MR) is 77.2 cm³/mol. The standard InChI is InChI=1S/C14H29N3O2/c1-6-19-13(18)14(2,15-3)8-10-17-9-7-12(11-17)16(4)5/h12,15H,6-11H2,1-5H3. The second-order valence-electron chi connectivity index (χ2n) is 5.76. The van der Waals surface area contributed by atoms with Gasteiger partial charge in [-0.2, -0.15) is 0 Å². The molecule has 0 spiro atoms. The van der Waals surface area contributed by atoms with Crippen LogP contribution in [0.2, 0.25) is 0 Å². The first-order chi connectivity index (χ1) is 8.92. The molecule has 0 amide bonds. The summed E-state index contributed by atoms with van der Waals surface area (Å²) in [6.07, 6.45) is 1.99. The van der Waals surface area contributed by atoms with E-state index in [4.69, 9.17) is 4.74 Å². The van der Waals surface area contributed by atoms with E-state index in [2.05, 4.69) is 29.2 Å². The van der Waals surface area contributed by atoms with Gasteiger partial charge in [0.25, 0.3) is 0 Å². The maximum Gasteiger partial charge on any atom is 0.326 e. The molecule has 2 unspecified atom stereocenters. The Kier molecular flexibility index (Phi) is 6.23. The van der Waals surface area contributed by atoms with E-state index in [1.54, 1.807) is 0 Å². The lowest BCUT2D eigenvalue weighted by Crippen LogP contribution is -2.50. The van der Waals surface area contributed by atoms with Crippen molar-refractivity contribution in [3.05, 3.63) is 0 Å². The topological polar surface area (TPSA) is 44.8 Å². The Labute approximate surface area is 117 Å². The molecule has 0 aromatic heterocycles. The number of rotatable bonds is 7. The fraction of sp³-hybridized carbons (Fsp3) is 0.929. The van der Waals surface area contributed by atoms with Gasteiger partial charge in [-0.05, 0) is 54.4 Å². The fourth-order valence-electron chi connectivity index (χ4n) is 2.44. The zero-order valence-electron chi connectivity index (χ0n) is 13.0. The lowest BCUT2D eigenvalue weighted by atomic mass is 9.98. The van der Waals surface area contributed by atoms with Gasteiger partial charge in [0.15, 0.2) is 0 Å². The molecular formula is C14H29N3O2. The van der Waals surface area contributed by atoms with E-state index in [1.165, 1.54) is 6.42 Å². The van der Waals surface area contributed by atoms with Gasteiger partial charge >= 0.3 is 5.97 Å². The van der Waals surface area contributed by atoms with Crippen LogP contribution in [0.4, 0.5) is 0 Å². The summed E-state index contributed by atoms with van der Waals surface area (Å²) in [4.78, 5) is 16.7. The number of hydrogen-bond donors (Lipinski definition) is 1. The maximum atomic E-state index is 12.0. The van der Waals surface area contributed by atoms with Gasteiger partial charge in [-0.3, -0.25) is 4.79 Å². The molecule has 0 aromatic carbocycles. The Morgan fingerprint density at radius 2 is 2.21 bits per heavy atom. The largest absolute Gasteiger partial charge is 0.465 e. The number of nitrogens with zero attached hydrogens (tertiary/aromatic N) is 2. The monoisotopic (exact) mass is 271 g/mol. The molecule has 1 saturated heterocycles. The van der Waals surface area contributed by atoms with Crippen LogP contribution in [0.1, 0.15) is 26.7 Å². The summed E-state index contributed by atoms with van der Waals surface area (Å²) in [5, 5.41) is 3.11. The minimum Gasteiger partial charge on any atom is -0.465 e. The molecule has 2 atom stereocenters. The summed E-state index contributed by atoms with van der Waals surface area (Å²) in [6, 6.07) is 0.642. The quantitative estimate of drug-likeness (QED) is 0.685. The Balaban J connectivity index is 2.44. The van der Waals surface area contributed by atoms with E-state index in [0.717, 1.165) is 26.1 Å². The molecule has 0 radical (unpaired) electrons. The van der Waals surface area contributed by atoms with Crippen molar-refractivity contribution < 1.29 is 9.53 Å². The summed E-state index contributed by atoms with van der Waals surface area (Å²) < 4.78 is 5.14. The van der Waals surface area contributed by atoms with Crippen molar-refractivity contribution in [2.75, 3.05) is 47.4 Å². The van der Waals surface area contributed by atoms with Crippen LogP contribution in [0.25, 0.3) is 0 Å². The number of likely N-dealkylation sites (tertiary alicyclic amines) is 1. The number of esters is 1. The summed E-state index contributed by atoms with van der Waals surface area (Å²) in [7, 11) is 6.08. The van der Waals surface area contributed by atoms with Gasteiger partial charge in [0.05, 0.1) is 6.61 Å². The average Bonchev–Trinajstić information content (AvgIpc) is 2.85. The summed E-state index contributed by atoms with van der Waals surface area (Å²) >= 11 is 0. The van der Waals surface area contributed by atoms with Gasteiger partial charge in [0.2, 0.25) is 0 Å². The molecule has 0 saturated carbocycles. The first kappa shape index (κ1) is 16.4. The van der Waals surface area contributed by atoms with Crippen LogP contribution in [0, 0.1) is 0 Å². The molecule has 0 aliphatic carbocycles. The number of carbonyl (C=O) groups excluding carboxylic acids is 1. The molecular weight excluding hydrogens is 242 g/mol. The third kappa shape index (κ3) is 4.44. The van der Waals surface area contributed by atoms with Gasteiger partial charge in [0, 0.05) is 19.1 Å². The molecule has 112 valence electrons. The smallest absolute Gasteiger partial charge is 0.326 e. The molecule has 19 heavy (non-hydrogen) atoms. The molecule has 1 aliphatic heterocycles. The van der Waals surface area contributed by atoms with Crippen molar-refractivity contribution >= 4 is 5.97 Å². The first-order valence-corrected chi connectivity index (χ1v) is 7.18. The van der Waals surface area contributed by atoms with Gasteiger partial charge in [-0.1, -0.05) is 0 Å². The van der Waals surface area contributed by atoms with E-state index < -0.39 is 5.54 Å². The van der Waals surface area contributed by atoms with Crippen LogP contribution < -0.4 is 5.32 Å². The molecule has 1 fully saturated rings. The number of ether oxygens (including phenoxy) is 1. The third-order valence-corrected chi connectivity index (χ3v) is 4.18. The zero-order valence-corrected chi connectivity index (χ0v) is 13.0. The van der Waals surface area contributed by atoms with Crippen molar-refractivity contribution in [2.24, 2.45) is 0 Å². The zero-order chi connectivity index (χ0) is 14.5. The van der Waals surface area contributed by atoms with Crippen molar-refractivity contribution in [3.63, 3.8) is 0 Å². The molecule has 1 rings (SSSR count). The number of likely N-dealkylation sites (N-methyl/N-ethyl adjacent to an activating group) is 2. The Bertz CT molecular complexity index is 296. The van der Waals surface area contributed by atoms with Crippen molar-refractivity contribution in [3.8, 4) is 0 Å². The van der Waals surface area contributed by atoms with Gasteiger partial charge < -0.3 is 19.9 Å². The van der Waals surface area contributed by atoms with E-state index in [0.29, 0.717) is 12.6 Å².